The Labute approximate surface area is 138 Å². The lowest BCUT2D eigenvalue weighted by molar-refractivity contribution is -0.110. The van der Waals surface area contributed by atoms with Crippen LogP contribution in [0.3, 0.4) is 0 Å². The molecule has 3 N–H and O–H groups in total. The van der Waals surface area contributed by atoms with E-state index >= 15 is 0 Å². The van der Waals surface area contributed by atoms with Crippen LogP contribution >= 0.6 is 0 Å². The lowest BCUT2D eigenvalue weighted by atomic mass is 9.44. The Kier molecular flexibility index (Phi) is 4.79. The van der Waals surface area contributed by atoms with Crippen molar-refractivity contribution < 1.29 is 5.11 Å². The molecule has 0 aliphatic heterocycles. The highest BCUT2D eigenvalue weighted by Crippen LogP contribution is 2.62. The van der Waals surface area contributed by atoms with E-state index in [1.54, 1.807) is 0 Å². The predicted molar refractivity (Wildman–Crippen MR) is 94.7 cm³/mol. The first-order chi connectivity index (χ1) is 9.95. The lowest BCUT2D eigenvalue weighted by Gasteiger charge is -2.62. The lowest BCUT2D eigenvalue weighted by Crippen LogP contribution is -2.61. The monoisotopic (exact) mass is 309 g/mol. The molecule has 0 aromatic carbocycles. The third-order valence-electron chi connectivity index (χ3n) is 7.57. The molecule has 2 heteroatoms. The van der Waals surface area contributed by atoms with Gasteiger partial charge in [0.05, 0.1) is 5.60 Å². The average Bonchev–Trinajstić information content (AvgIpc) is 2.35. The summed E-state index contributed by atoms with van der Waals surface area (Å²) in [6.07, 6.45) is 9.18. The molecule has 0 aromatic rings. The molecule has 0 bridgehead atoms. The van der Waals surface area contributed by atoms with Crippen molar-refractivity contribution in [3.05, 3.63) is 0 Å². The van der Waals surface area contributed by atoms with Crippen molar-refractivity contribution in [1.82, 2.24) is 0 Å². The first-order valence-electron chi connectivity index (χ1n) is 9.46. The molecule has 0 aromatic heterocycles. The van der Waals surface area contributed by atoms with E-state index in [0.29, 0.717) is 16.7 Å². The molecule has 2 fully saturated rings. The van der Waals surface area contributed by atoms with Gasteiger partial charge in [-0.25, -0.2) is 0 Å². The average molecular weight is 310 g/mol. The molecule has 2 aliphatic carbocycles. The summed E-state index contributed by atoms with van der Waals surface area (Å²) in [5, 5.41) is 10.5. The van der Waals surface area contributed by atoms with Gasteiger partial charge >= 0.3 is 0 Å². The van der Waals surface area contributed by atoms with Crippen molar-refractivity contribution in [2.75, 3.05) is 0 Å². The molecule has 2 aliphatic rings. The molecular weight excluding hydrogens is 270 g/mol. The summed E-state index contributed by atoms with van der Waals surface area (Å²) in [5.74, 6) is 1.30. The molecule has 0 saturated heterocycles. The molecule has 0 unspecified atom stereocenters. The molecule has 2 rings (SSSR count). The van der Waals surface area contributed by atoms with Crippen LogP contribution in [0.2, 0.25) is 0 Å². The van der Waals surface area contributed by atoms with Crippen molar-refractivity contribution in [3.8, 4) is 0 Å². The fourth-order valence-corrected chi connectivity index (χ4v) is 5.98. The zero-order chi connectivity index (χ0) is 16.8. The molecule has 130 valence electrons. The minimum absolute atomic E-state index is 0.0809. The Morgan fingerprint density at radius 2 is 1.77 bits per heavy atom. The number of aliphatic hydroxyl groups is 1. The van der Waals surface area contributed by atoms with Gasteiger partial charge in [-0.1, -0.05) is 34.1 Å². The van der Waals surface area contributed by atoms with Crippen LogP contribution in [0, 0.1) is 22.7 Å². The minimum atomic E-state index is -0.538. The maximum atomic E-state index is 10.5. The maximum Gasteiger partial charge on any atom is 0.0617 e. The zero-order valence-electron chi connectivity index (χ0n) is 15.8. The first kappa shape index (κ1) is 18.3. The number of nitrogens with two attached hydrogens (primary N) is 1. The second kappa shape index (κ2) is 5.77. The van der Waals surface area contributed by atoms with Gasteiger partial charge in [-0.15, -0.1) is 0 Å². The van der Waals surface area contributed by atoms with Gasteiger partial charge in [0.25, 0.3) is 0 Å². The normalized spacial score (nSPS) is 44.2. The Morgan fingerprint density at radius 1 is 1.14 bits per heavy atom. The second-order valence-corrected chi connectivity index (χ2v) is 9.89. The Morgan fingerprint density at radius 3 is 2.36 bits per heavy atom. The SMILES string of the molecule is CC[C@](C)(O)CC[C@@H]1[C@@]2(C)CCCC(C)(C)[C@@H]2CC[C@@]1(C)N. The van der Waals surface area contributed by atoms with Gasteiger partial charge in [0.15, 0.2) is 0 Å². The fraction of sp³-hybridized carbons (Fsp3) is 1.00. The van der Waals surface area contributed by atoms with E-state index in [-0.39, 0.29) is 5.54 Å². The van der Waals surface area contributed by atoms with Gasteiger partial charge in [-0.3, -0.25) is 0 Å². The van der Waals surface area contributed by atoms with Gasteiger partial charge < -0.3 is 10.8 Å². The second-order valence-electron chi connectivity index (χ2n) is 9.89. The summed E-state index contributed by atoms with van der Waals surface area (Å²) < 4.78 is 0. The zero-order valence-corrected chi connectivity index (χ0v) is 15.8. The van der Waals surface area contributed by atoms with Crippen LogP contribution in [-0.2, 0) is 0 Å². The smallest absolute Gasteiger partial charge is 0.0617 e. The molecule has 22 heavy (non-hydrogen) atoms. The van der Waals surface area contributed by atoms with Gasteiger partial charge in [0, 0.05) is 5.54 Å². The third kappa shape index (κ3) is 3.24. The third-order valence-corrected chi connectivity index (χ3v) is 7.57. The maximum absolute atomic E-state index is 10.5. The predicted octanol–water partition coefficient (Wildman–Crippen LogP) is 4.89. The van der Waals surface area contributed by atoms with Crippen molar-refractivity contribution in [2.24, 2.45) is 28.4 Å². The van der Waals surface area contributed by atoms with E-state index in [1.807, 2.05) is 6.92 Å². The number of fused-ring (bicyclic) bond motifs is 1. The summed E-state index contributed by atoms with van der Waals surface area (Å²) in [4.78, 5) is 0. The van der Waals surface area contributed by atoms with Crippen LogP contribution < -0.4 is 5.73 Å². The number of hydrogen-bond donors (Lipinski definition) is 2. The molecule has 2 nitrogen and oxygen atoms in total. The van der Waals surface area contributed by atoms with E-state index in [2.05, 4.69) is 34.6 Å². The molecule has 0 radical (unpaired) electrons. The van der Waals surface area contributed by atoms with E-state index in [9.17, 15) is 5.11 Å². The van der Waals surface area contributed by atoms with Crippen LogP contribution in [0.25, 0.3) is 0 Å². The molecule has 0 heterocycles. The molecule has 0 amide bonds. The van der Waals surface area contributed by atoms with E-state index in [1.165, 1.54) is 25.7 Å². The van der Waals surface area contributed by atoms with Crippen molar-refractivity contribution in [1.29, 1.82) is 0 Å². The van der Waals surface area contributed by atoms with E-state index in [4.69, 9.17) is 5.73 Å². The van der Waals surface area contributed by atoms with Crippen molar-refractivity contribution >= 4 is 0 Å². The standard InChI is InChI=1S/C20H39NO/c1-7-18(4,22)13-9-16-19(5)12-8-11-17(2,3)15(19)10-14-20(16,6)21/h15-16,22H,7-14,21H2,1-6H3/t15-,16+,18-,19-,20+/m0/s1. The quantitative estimate of drug-likeness (QED) is 0.777. The van der Waals surface area contributed by atoms with Crippen LogP contribution in [0.1, 0.15) is 92.9 Å². The minimum Gasteiger partial charge on any atom is -0.390 e. The Balaban J connectivity index is 2.26. The van der Waals surface area contributed by atoms with Crippen LogP contribution in [0.5, 0.6) is 0 Å². The number of rotatable bonds is 4. The fourth-order valence-electron chi connectivity index (χ4n) is 5.98. The Bertz CT molecular complexity index is 399. The van der Waals surface area contributed by atoms with Crippen LogP contribution in [0.4, 0.5) is 0 Å². The summed E-state index contributed by atoms with van der Waals surface area (Å²) in [6, 6.07) is 0. The number of hydrogen-bond acceptors (Lipinski definition) is 2. The highest BCUT2D eigenvalue weighted by molar-refractivity contribution is 5.09. The van der Waals surface area contributed by atoms with Crippen LogP contribution in [-0.4, -0.2) is 16.2 Å². The molecule has 0 spiro atoms. The molecular formula is C20H39NO. The highest BCUT2D eigenvalue weighted by atomic mass is 16.3. The van der Waals surface area contributed by atoms with Crippen molar-refractivity contribution in [2.45, 2.75) is 104 Å². The van der Waals surface area contributed by atoms with Gasteiger partial charge in [-0.05, 0) is 81.5 Å². The largest absolute Gasteiger partial charge is 0.390 e. The molecule has 2 saturated carbocycles. The summed E-state index contributed by atoms with van der Waals surface area (Å²) in [6.45, 7) is 13.8. The Hall–Kier alpha value is -0.0800. The van der Waals surface area contributed by atoms with E-state index < -0.39 is 5.60 Å². The summed E-state index contributed by atoms with van der Waals surface area (Å²) in [7, 11) is 0. The van der Waals surface area contributed by atoms with Crippen molar-refractivity contribution in [3.63, 3.8) is 0 Å². The molecule has 5 atom stereocenters. The van der Waals surface area contributed by atoms with Gasteiger partial charge in [-0.2, -0.15) is 0 Å². The topological polar surface area (TPSA) is 46.2 Å². The summed E-state index contributed by atoms with van der Waals surface area (Å²) in [5.41, 5.74) is 6.95. The van der Waals surface area contributed by atoms with E-state index in [0.717, 1.165) is 31.6 Å². The van der Waals surface area contributed by atoms with Gasteiger partial charge in [0.1, 0.15) is 0 Å². The first-order valence-corrected chi connectivity index (χ1v) is 9.46. The summed E-state index contributed by atoms with van der Waals surface area (Å²) >= 11 is 0. The highest BCUT2D eigenvalue weighted by Gasteiger charge is 2.57. The van der Waals surface area contributed by atoms with Crippen LogP contribution in [0.15, 0.2) is 0 Å². The van der Waals surface area contributed by atoms with Gasteiger partial charge in [0.2, 0.25) is 0 Å².